The van der Waals surface area contributed by atoms with Gasteiger partial charge in [-0.1, -0.05) is 13.8 Å². The van der Waals surface area contributed by atoms with Crippen LogP contribution in [-0.2, 0) is 40.1 Å². The number of aromatic amines is 3. The summed E-state index contributed by atoms with van der Waals surface area (Å²) in [5.41, 5.74) is 8.01. The Labute approximate surface area is 262 Å². The molecule has 11 heteroatoms. The molecule has 1 aliphatic heterocycles. The number of carboxylic acid groups (broad SMARTS) is 2. The van der Waals surface area contributed by atoms with Crippen molar-refractivity contribution in [2.75, 3.05) is 5.75 Å². The van der Waals surface area contributed by atoms with E-state index in [4.69, 9.17) is 0 Å². The van der Waals surface area contributed by atoms with Gasteiger partial charge >= 0.3 is 11.9 Å². The van der Waals surface area contributed by atoms with Crippen LogP contribution in [0.5, 0.6) is 5.88 Å². The molecule has 7 N–H and O–H groups in total. The van der Waals surface area contributed by atoms with Crippen LogP contribution in [0.4, 0.5) is 0 Å². The smallest absolute Gasteiger partial charge is 0.303 e. The van der Waals surface area contributed by atoms with E-state index in [2.05, 4.69) is 32.9 Å². The summed E-state index contributed by atoms with van der Waals surface area (Å²) in [6.45, 7) is 9.82. The summed E-state index contributed by atoms with van der Waals surface area (Å²) in [6.07, 6.45) is 6.48. The number of carboxylic acids is 2. The Morgan fingerprint density at radius 1 is 0.886 bits per heavy atom. The largest absolute Gasteiger partial charge is 0.494 e. The average Bonchev–Trinajstić information content (AvgIpc) is 3.60. The number of carbonyl (C=O) groups excluding carboxylic acids is 1. The van der Waals surface area contributed by atoms with Crippen LogP contribution in [0, 0.1) is 32.6 Å². The number of aromatic hydroxyl groups is 1. The summed E-state index contributed by atoms with van der Waals surface area (Å²) in [5, 5.41) is 34.0. The van der Waals surface area contributed by atoms with E-state index < -0.39 is 11.9 Å². The molecule has 1 fully saturated rings. The molecule has 44 heavy (non-hydrogen) atoms. The first-order valence-corrected chi connectivity index (χ1v) is 15.8. The minimum Gasteiger partial charge on any atom is -0.494 e. The summed E-state index contributed by atoms with van der Waals surface area (Å²) < 4.78 is 0. The van der Waals surface area contributed by atoms with Crippen molar-refractivity contribution in [1.82, 2.24) is 20.3 Å². The summed E-state index contributed by atoms with van der Waals surface area (Å²) >= 11 is 4.40. The summed E-state index contributed by atoms with van der Waals surface area (Å²) in [6, 6.07) is -0.180. The minimum absolute atomic E-state index is 0.00858. The van der Waals surface area contributed by atoms with Crippen LogP contribution in [0.1, 0.15) is 83.6 Å². The molecule has 0 aliphatic carbocycles. The number of aliphatic carboxylic acids is 2. The van der Waals surface area contributed by atoms with Gasteiger partial charge in [0.05, 0.1) is 6.04 Å². The highest BCUT2D eigenvalue weighted by molar-refractivity contribution is 7.80. The molecule has 10 nitrogen and oxygen atoms in total. The van der Waals surface area contributed by atoms with Crippen LogP contribution in [0.2, 0.25) is 0 Å². The van der Waals surface area contributed by atoms with Crippen LogP contribution in [0.25, 0.3) is 12.2 Å². The Balaban J connectivity index is 1.85. The minimum atomic E-state index is -0.899. The standard InChI is InChI=1S/C33H44N4O6S/c1-6-20-16(2)26(36-33(20)43)13-24-17(3)21(7-9-30(38)39)27(34-24)15-28-22(8-10-31(40)41)18(4)25(35-28)14-29-23(11-12-44)19(5)32(42)37-29/h14-15,19,23,29,34-36,43-44H,6-13H2,1-5H3,(H,37,42)(H,38,39)(H,40,41)/b25-14-,28-15-/t19-,23-,29?/m1/s1. The van der Waals surface area contributed by atoms with E-state index in [0.717, 1.165) is 67.6 Å². The van der Waals surface area contributed by atoms with E-state index >= 15 is 0 Å². The molecule has 3 aromatic rings. The van der Waals surface area contributed by atoms with E-state index in [9.17, 15) is 29.7 Å². The monoisotopic (exact) mass is 624 g/mol. The molecule has 0 aromatic carbocycles. The number of aromatic nitrogens is 3. The van der Waals surface area contributed by atoms with Crippen molar-refractivity contribution in [2.45, 2.75) is 85.6 Å². The lowest BCUT2D eigenvalue weighted by Crippen LogP contribution is -2.30. The van der Waals surface area contributed by atoms with Gasteiger partial charge in [-0.2, -0.15) is 12.6 Å². The third-order valence-electron chi connectivity index (χ3n) is 9.24. The first kappa shape index (κ1) is 33.0. The molecule has 3 atom stereocenters. The van der Waals surface area contributed by atoms with Gasteiger partial charge in [0.25, 0.3) is 0 Å². The lowest BCUT2D eigenvalue weighted by atomic mass is 9.89. The van der Waals surface area contributed by atoms with Crippen LogP contribution < -0.4 is 16.0 Å². The second kappa shape index (κ2) is 13.8. The van der Waals surface area contributed by atoms with Gasteiger partial charge in [0.1, 0.15) is 0 Å². The zero-order valence-corrected chi connectivity index (χ0v) is 27.0. The van der Waals surface area contributed by atoms with Gasteiger partial charge < -0.3 is 35.6 Å². The molecule has 0 bridgehead atoms. The molecule has 238 valence electrons. The van der Waals surface area contributed by atoms with Crippen molar-refractivity contribution in [2.24, 2.45) is 11.8 Å². The molecule has 1 aliphatic rings. The van der Waals surface area contributed by atoms with E-state index in [-0.39, 0.29) is 42.5 Å². The summed E-state index contributed by atoms with van der Waals surface area (Å²) in [5.74, 6) is -0.992. The Hall–Kier alpha value is -3.86. The summed E-state index contributed by atoms with van der Waals surface area (Å²) in [4.78, 5) is 45.7. The fourth-order valence-corrected chi connectivity index (χ4v) is 6.82. The molecule has 1 unspecified atom stereocenters. The molecule has 3 aromatic heterocycles. The van der Waals surface area contributed by atoms with Crippen LogP contribution >= 0.6 is 12.6 Å². The van der Waals surface area contributed by atoms with Crippen LogP contribution in [0.3, 0.4) is 0 Å². The van der Waals surface area contributed by atoms with Crippen molar-refractivity contribution >= 4 is 42.6 Å². The lowest BCUT2D eigenvalue weighted by molar-refractivity contribution is -0.138. The number of nitrogens with one attached hydrogen (secondary N) is 4. The molecule has 0 saturated carbocycles. The highest BCUT2D eigenvalue weighted by atomic mass is 32.1. The molecule has 1 saturated heterocycles. The average molecular weight is 625 g/mol. The van der Waals surface area contributed by atoms with Gasteiger partial charge in [0.2, 0.25) is 5.91 Å². The lowest BCUT2D eigenvalue weighted by Gasteiger charge is -2.16. The quantitative estimate of drug-likeness (QED) is 0.136. The Bertz CT molecular complexity index is 1680. The second-order valence-corrected chi connectivity index (χ2v) is 12.3. The highest BCUT2D eigenvalue weighted by Crippen LogP contribution is 2.29. The number of hydrogen-bond acceptors (Lipinski definition) is 5. The number of carbonyl (C=O) groups is 3. The number of thiol groups is 1. The Morgan fingerprint density at radius 3 is 2.09 bits per heavy atom. The Morgan fingerprint density at radius 2 is 1.50 bits per heavy atom. The second-order valence-electron chi connectivity index (χ2n) is 11.9. The van der Waals surface area contributed by atoms with Crippen molar-refractivity contribution in [1.29, 1.82) is 0 Å². The zero-order chi connectivity index (χ0) is 32.3. The number of hydrogen-bond donors (Lipinski definition) is 8. The van der Waals surface area contributed by atoms with Gasteiger partial charge in [-0.15, -0.1) is 0 Å². The zero-order valence-electron chi connectivity index (χ0n) is 26.1. The van der Waals surface area contributed by atoms with Crippen molar-refractivity contribution in [3.05, 3.63) is 61.2 Å². The molecule has 4 rings (SSSR count). The molecular formula is C33H44N4O6S. The maximum Gasteiger partial charge on any atom is 0.303 e. The fraction of sp³-hybridized carbons (Fsp3) is 0.485. The number of amides is 1. The number of rotatable bonds is 13. The predicted octanol–water partition coefficient (Wildman–Crippen LogP) is 3.17. The third-order valence-corrected chi connectivity index (χ3v) is 9.49. The fourth-order valence-electron chi connectivity index (χ4n) is 6.53. The third kappa shape index (κ3) is 6.93. The molecule has 4 heterocycles. The van der Waals surface area contributed by atoms with Crippen LogP contribution in [0.15, 0.2) is 0 Å². The van der Waals surface area contributed by atoms with Gasteiger partial charge in [0.15, 0.2) is 5.88 Å². The number of H-pyrrole nitrogens is 3. The molecule has 1 amide bonds. The van der Waals surface area contributed by atoms with Crippen molar-refractivity contribution < 1.29 is 29.7 Å². The molecule has 0 radical (unpaired) electrons. The topological polar surface area (TPSA) is 171 Å². The SMILES string of the molecule is CCc1c(O)[nH]c(Cc2[nH]c(/C=c3\[nH]/c(=C\C4NC(=O)[C@H](C)[C@H]4CCS)c(C)c3CCC(=O)O)c(CCC(=O)O)c2C)c1C. The summed E-state index contributed by atoms with van der Waals surface area (Å²) in [7, 11) is 0. The normalized spacial score (nSPS) is 19.2. The van der Waals surface area contributed by atoms with E-state index in [0.29, 0.717) is 31.4 Å². The van der Waals surface area contributed by atoms with E-state index in [1.807, 2.05) is 46.8 Å². The highest BCUT2D eigenvalue weighted by Gasteiger charge is 2.37. The van der Waals surface area contributed by atoms with Gasteiger partial charge in [0, 0.05) is 58.5 Å². The first-order chi connectivity index (χ1) is 20.9. The van der Waals surface area contributed by atoms with Crippen LogP contribution in [-0.4, -0.2) is 59.9 Å². The van der Waals surface area contributed by atoms with E-state index in [1.165, 1.54) is 0 Å². The van der Waals surface area contributed by atoms with Crippen molar-refractivity contribution in [3.8, 4) is 5.88 Å². The van der Waals surface area contributed by atoms with E-state index in [1.54, 1.807) is 0 Å². The predicted molar refractivity (Wildman–Crippen MR) is 173 cm³/mol. The maximum absolute atomic E-state index is 12.5. The first-order valence-electron chi connectivity index (χ1n) is 15.2. The van der Waals surface area contributed by atoms with Gasteiger partial charge in [-0.3, -0.25) is 14.4 Å². The molecule has 0 spiro atoms. The van der Waals surface area contributed by atoms with Gasteiger partial charge in [-0.25, -0.2) is 0 Å². The van der Waals surface area contributed by atoms with Gasteiger partial charge in [-0.05, 0) is 98.1 Å². The Kier molecular flexibility index (Phi) is 10.4. The maximum atomic E-state index is 12.5. The molecular weight excluding hydrogens is 580 g/mol. The van der Waals surface area contributed by atoms with Crippen molar-refractivity contribution in [3.63, 3.8) is 0 Å².